The zero-order valence-corrected chi connectivity index (χ0v) is 11.0. The first-order valence-corrected chi connectivity index (χ1v) is 5.23. The predicted octanol–water partition coefficient (Wildman–Crippen LogP) is 0.474. The van der Waals surface area contributed by atoms with Gasteiger partial charge in [-0.2, -0.15) is 0 Å². The molecule has 0 radical (unpaired) electrons. The summed E-state index contributed by atoms with van der Waals surface area (Å²) in [4.78, 5) is 13.3. The maximum atomic E-state index is 11.1. The fourth-order valence-corrected chi connectivity index (χ4v) is 1.13. The highest BCUT2D eigenvalue weighted by atomic mass is 35.5. The van der Waals surface area contributed by atoms with Crippen molar-refractivity contribution in [3.63, 3.8) is 0 Å². The molecule has 0 bridgehead atoms. The molecule has 0 aliphatic heterocycles. The largest absolute Gasteiger partial charge is 0.354 e. The fourth-order valence-electron chi connectivity index (χ4n) is 1.13. The van der Waals surface area contributed by atoms with Crippen LogP contribution in [0.25, 0.3) is 0 Å². The van der Waals surface area contributed by atoms with Gasteiger partial charge in [-0.15, -0.1) is 12.4 Å². The van der Waals surface area contributed by atoms with Crippen molar-refractivity contribution in [2.75, 3.05) is 33.7 Å². The number of rotatable bonds is 7. The molecule has 1 unspecified atom stereocenters. The fraction of sp³-hybridized carbons (Fsp3) is 0.900. The monoisotopic (exact) mass is 237 g/mol. The van der Waals surface area contributed by atoms with Crippen molar-refractivity contribution < 1.29 is 4.79 Å². The van der Waals surface area contributed by atoms with Gasteiger partial charge in [0.05, 0.1) is 6.54 Å². The lowest BCUT2D eigenvalue weighted by molar-refractivity contribution is -0.120. The van der Waals surface area contributed by atoms with Crippen molar-refractivity contribution in [3.05, 3.63) is 0 Å². The minimum atomic E-state index is 0. The molecule has 4 nitrogen and oxygen atoms in total. The van der Waals surface area contributed by atoms with Crippen molar-refractivity contribution in [3.8, 4) is 0 Å². The molecule has 0 heterocycles. The van der Waals surface area contributed by atoms with E-state index in [1.807, 2.05) is 0 Å². The van der Waals surface area contributed by atoms with Crippen LogP contribution < -0.4 is 10.6 Å². The van der Waals surface area contributed by atoms with Crippen LogP contribution >= 0.6 is 12.4 Å². The highest BCUT2D eigenvalue weighted by Crippen LogP contribution is 1.97. The van der Waals surface area contributed by atoms with E-state index in [1.165, 1.54) is 0 Å². The van der Waals surface area contributed by atoms with Gasteiger partial charge >= 0.3 is 0 Å². The van der Waals surface area contributed by atoms with E-state index in [0.717, 1.165) is 19.5 Å². The molecule has 1 amide bonds. The van der Waals surface area contributed by atoms with Gasteiger partial charge < -0.3 is 15.5 Å². The number of nitrogens with one attached hydrogen (secondary N) is 2. The molecule has 15 heavy (non-hydrogen) atoms. The van der Waals surface area contributed by atoms with Gasteiger partial charge in [0, 0.05) is 19.1 Å². The van der Waals surface area contributed by atoms with Gasteiger partial charge in [-0.3, -0.25) is 4.79 Å². The molecule has 0 saturated carbocycles. The van der Waals surface area contributed by atoms with Gasteiger partial charge in [-0.1, -0.05) is 6.92 Å². The average molecular weight is 238 g/mol. The van der Waals surface area contributed by atoms with Crippen molar-refractivity contribution in [1.29, 1.82) is 0 Å². The molecule has 0 spiro atoms. The summed E-state index contributed by atoms with van der Waals surface area (Å²) in [6.45, 7) is 6.38. The summed E-state index contributed by atoms with van der Waals surface area (Å²) in [5.74, 6) is 0.0602. The lowest BCUT2D eigenvalue weighted by atomic mass is 10.2. The Balaban J connectivity index is 0. The Bertz CT molecular complexity index is 167. The summed E-state index contributed by atoms with van der Waals surface area (Å²) < 4.78 is 0. The van der Waals surface area contributed by atoms with E-state index in [-0.39, 0.29) is 18.3 Å². The third kappa shape index (κ3) is 8.66. The van der Waals surface area contributed by atoms with Crippen LogP contribution in [0.2, 0.25) is 0 Å². The Labute approximate surface area is 99.2 Å². The van der Waals surface area contributed by atoms with Crippen molar-refractivity contribution in [2.45, 2.75) is 26.3 Å². The van der Waals surface area contributed by atoms with Crippen LogP contribution in [0.15, 0.2) is 0 Å². The SMILES string of the molecule is CCC(C)N(C)CCNC(=O)CNC.Cl. The molecule has 0 aromatic heterocycles. The quantitative estimate of drug-likeness (QED) is 0.677. The van der Waals surface area contributed by atoms with Crippen LogP contribution in [-0.2, 0) is 4.79 Å². The molecule has 0 fully saturated rings. The Hall–Kier alpha value is -0.320. The van der Waals surface area contributed by atoms with E-state index in [9.17, 15) is 4.79 Å². The van der Waals surface area contributed by atoms with Gasteiger partial charge in [0.1, 0.15) is 0 Å². The second-order valence-electron chi connectivity index (χ2n) is 3.62. The van der Waals surface area contributed by atoms with Crippen LogP contribution in [0.5, 0.6) is 0 Å². The average Bonchev–Trinajstić information content (AvgIpc) is 2.16. The third-order valence-corrected chi connectivity index (χ3v) is 2.47. The molecule has 0 aromatic carbocycles. The van der Waals surface area contributed by atoms with Crippen LogP contribution in [0.4, 0.5) is 0 Å². The summed E-state index contributed by atoms with van der Waals surface area (Å²) in [5.41, 5.74) is 0. The van der Waals surface area contributed by atoms with Gasteiger partial charge in [0.2, 0.25) is 5.91 Å². The number of hydrogen-bond acceptors (Lipinski definition) is 3. The van der Waals surface area contributed by atoms with Gasteiger partial charge in [-0.25, -0.2) is 0 Å². The topological polar surface area (TPSA) is 44.4 Å². The second kappa shape index (κ2) is 10.2. The lowest BCUT2D eigenvalue weighted by Gasteiger charge is -2.23. The maximum Gasteiger partial charge on any atom is 0.233 e. The minimum absolute atomic E-state index is 0. The maximum absolute atomic E-state index is 11.1. The van der Waals surface area contributed by atoms with E-state index in [4.69, 9.17) is 0 Å². The molecular weight excluding hydrogens is 214 g/mol. The normalized spacial score (nSPS) is 12.1. The summed E-state index contributed by atoms with van der Waals surface area (Å²) in [5, 5.41) is 5.66. The number of amides is 1. The first-order chi connectivity index (χ1) is 6.61. The van der Waals surface area contributed by atoms with Crippen LogP contribution in [0, 0.1) is 0 Å². The zero-order valence-electron chi connectivity index (χ0n) is 10.2. The highest BCUT2D eigenvalue weighted by Gasteiger charge is 2.06. The Morgan fingerprint density at radius 2 is 2.07 bits per heavy atom. The lowest BCUT2D eigenvalue weighted by Crippen LogP contribution is -2.39. The molecule has 0 aromatic rings. The van der Waals surface area contributed by atoms with Crippen molar-refractivity contribution in [1.82, 2.24) is 15.5 Å². The number of carbonyl (C=O) groups excluding carboxylic acids is 1. The van der Waals surface area contributed by atoms with Crippen molar-refractivity contribution in [2.24, 2.45) is 0 Å². The summed E-state index contributed by atoms with van der Waals surface area (Å²) in [7, 11) is 3.85. The number of halogens is 1. The van der Waals surface area contributed by atoms with Gasteiger partial charge in [0.15, 0.2) is 0 Å². The van der Waals surface area contributed by atoms with E-state index in [1.54, 1.807) is 7.05 Å². The molecule has 2 N–H and O–H groups in total. The van der Waals surface area contributed by atoms with E-state index >= 15 is 0 Å². The Kier molecular flexibility index (Phi) is 11.6. The predicted molar refractivity (Wildman–Crippen MR) is 66.6 cm³/mol. The molecule has 0 aliphatic carbocycles. The molecule has 0 rings (SSSR count). The summed E-state index contributed by atoms with van der Waals surface area (Å²) >= 11 is 0. The molecule has 1 atom stereocenters. The van der Waals surface area contributed by atoms with E-state index < -0.39 is 0 Å². The third-order valence-electron chi connectivity index (χ3n) is 2.47. The highest BCUT2D eigenvalue weighted by molar-refractivity contribution is 5.85. The summed E-state index contributed by atoms with van der Waals surface area (Å²) in [6.07, 6.45) is 1.14. The number of nitrogens with zero attached hydrogens (tertiary/aromatic N) is 1. The van der Waals surface area contributed by atoms with Gasteiger partial charge in [0.25, 0.3) is 0 Å². The Morgan fingerprint density at radius 3 is 2.53 bits per heavy atom. The van der Waals surface area contributed by atoms with E-state index in [0.29, 0.717) is 12.6 Å². The van der Waals surface area contributed by atoms with E-state index in [2.05, 4.69) is 36.4 Å². The smallest absolute Gasteiger partial charge is 0.233 e. The van der Waals surface area contributed by atoms with Crippen LogP contribution in [0.3, 0.4) is 0 Å². The van der Waals surface area contributed by atoms with Gasteiger partial charge in [-0.05, 0) is 27.4 Å². The number of likely N-dealkylation sites (N-methyl/N-ethyl adjacent to an activating group) is 2. The summed E-state index contributed by atoms with van der Waals surface area (Å²) in [6, 6.07) is 0.580. The van der Waals surface area contributed by atoms with Crippen LogP contribution in [0.1, 0.15) is 20.3 Å². The molecule has 0 saturated heterocycles. The molecular formula is C10H24ClN3O. The first-order valence-electron chi connectivity index (χ1n) is 5.23. The zero-order chi connectivity index (χ0) is 11.0. The van der Waals surface area contributed by atoms with Crippen molar-refractivity contribution >= 4 is 18.3 Å². The standard InChI is InChI=1S/C10H23N3O.ClH/c1-5-9(2)13(4)7-6-12-10(14)8-11-3;/h9,11H,5-8H2,1-4H3,(H,12,14);1H. The number of hydrogen-bond donors (Lipinski definition) is 2. The molecule has 0 aliphatic rings. The van der Waals surface area contributed by atoms with Crippen LogP contribution in [-0.4, -0.2) is 50.6 Å². The molecule has 5 heteroatoms. The Morgan fingerprint density at radius 1 is 1.47 bits per heavy atom. The number of carbonyl (C=O) groups is 1. The minimum Gasteiger partial charge on any atom is -0.354 e. The molecule has 92 valence electrons. The second-order valence-corrected chi connectivity index (χ2v) is 3.62. The first kappa shape index (κ1) is 17.1.